The fourth-order valence-electron chi connectivity index (χ4n) is 8.75. The zero-order valence-corrected chi connectivity index (χ0v) is 34.4. The molecule has 0 N–H and O–H groups in total. The third kappa shape index (κ3) is 6.07. The minimum atomic E-state index is -3.81. The Labute approximate surface area is 317 Å². The molecule has 0 spiro atoms. The molecule has 0 saturated carbocycles. The predicted octanol–water partition coefficient (Wildman–Crippen LogP) is 12.7. The van der Waals surface area contributed by atoms with Crippen LogP contribution < -0.4 is 0 Å². The molecule has 0 aromatic heterocycles. The minimum absolute atomic E-state index is 0. The molecule has 250 valence electrons. The second kappa shape index (κ2) is 13.0. The maximum atomic E-state index is 6.41. The van der Waals surface area contributed by atoms with E-state index in [-0.39, 0.29) is 35.6 Å². The number of halogens is 4. The summed E-state index contributed by atoms with van der Waals surface area (Å²) in [6, 6.07) is 26.9. The summed E-state index contributed by atoms with van der Waals surface area (Å²) in [5.41, 5.74) is 15.2. The molecule has 0 amide bonds. The Hall–Kier alpha value is -2.38. The van der Waals surface area contributed by atoms with Crippen molar-refractivity contribution in [1.29, 1.82) is 0 Å². The average molecular weight is 804 g/mol. The molecular weight excluding hydrogens is 762 g/mol. The fraction of sp³-hybridized carbons (Fsp3) is 0.227. The molecule has 1 unspecified atom stereocenters. The standard InChI is InChI=1S/C23H21.2C7H5Cl.C7H9.2ClH.Zr/c1-22(2)7-5-14-10-18-16(12-20(14)22)9-17-13-21-15(11-19(17)18)6-8-23(21,3)4;2*1-6-2-4-7(8)5-3-6;1-6-3-4-7(2)5-6;;;/h5-7,10-13H,9H2,1-4H3;2*1-5H;3,5,7H,1-2H3;2*1H;. The van der Waals surface area contributed by atoms with Gasteiger partial charge in [-0.05, 0) is 0 Å². The minimum Gasteiger partial charge on any atom is -0.147 e. The molecule has 0 bridgehead atoms. The van der Waals surface area contributed by atoms with E-state index in [9.17, 15) is 0 Å². The summed E-state index contributed by atoms with van der Waals surface area (Å²) in [6.07, 6.45) is 13.2. The molecule has 0 aliphatic heterocycles. The molecule has 5 heteroatoms. The number of allylic oxidation sites excluding steroid dienone is 6. The van der Waals surface area contributed by atoms with Crippen LogP contribution in [0.15, 0.2) is 103 Å². The topological polar surface area (TPSA) is 0 Å². The van der Waals surface area contributed by atoms with Crippen LogP contribution >= 0.6 is 48.0 Å². The predicted molar refractivity (Wildman–Crippen MR) is 216 cm³/mol. The van der Waals surface area contributed by atoms with Crippen molar-refractivity contribution < 1.29 is 19.3 Å². The van der Waals surface area contributed by atoms with Crippen LogP contribution in [0.2, 0.25) is 10.0 Å². The van der Waals surface area contributed by atoms with Gasteiger partial charge in [-0.3, -0.25) is 0 Å². The first-order valence-corrected chi connectivity index (χ1v) is 22.8. The van der Waals surface area contributed by atoms with Crippen molar-refractivity contribution in [3.63, 3.8) is 0 Å². The molecule has 0 saturated heterocycles. The molecule has 0 fully saturated rings. The monoisotopic (exact) mass is 800 g/mol. The molecule has 1 atom stereocenters. The Balaban J connectivity index is 0.00000208. The quantitative estimate of drug-likeness (QED) is 0.170. The van der Waals surface area contributed by atoms with Crippen LogP contribution in [0, 0.1) is 5.92 Å². The van der Waals surface area contributed by atoms with E-state index in [1.807, 2.05) is 24.3 Å². The van der Waals surface area contributed by atoms with Crippen molar-refractivity contribution in [3.8, 4) is 11.1 Å². The van der Waals surface area contributed by atoms with E-state index in [4.69, 9.17) is 23.2 Å². The summed E-state index contributed by atoms with van der Waals surface area (Å²) in [6.45, 7) is 14.2. The summed E-state index contributed by atoms with van der Waals surface area (Å²) in [4.78, 5) is 0. The first-order chi connectivity index (χ1) is 22.3. The van der Waals surface area contributed by atoms with Gasteiger partial charge in [-0.15, -0.1) is 24.8 Å². The Kier molecular flexibility index (Phi) is 9.65. The number of rotatable bonds is 4. The van der Waals surface area contributed by atoms with E-state index >= 15 is 0 Å². The fourth-order valence-corrected chi connectivity index (χ4v) is 22.1. The van der Waals surface area contributed by atoms with Gasteiger partial charge in [-0.2, -0.15) is 0 Å². The number of hydrogen-bond acceptors (Lipinski definition) is 0. The molecule has 4 aliphatic rings. The molecule has 0 nitrogen and oxygen atoms in total. The summed E-state index contributed by atoms with van der Waals surface area (Å²) < 4.78 is 8.54. The van der Waals surface area contributed by atoms with Crippen molar-refractivity contribution >= 4 is 67.6 Å². The zero-order valence-electron chi connectivity index (χ0n) is 28.8. The van der Waals surface area contributed by atoms with Crippen LogP contribution in [0.25, 0.3) is 23.3 Å². The molecule has 0 heterocycles. The summed E-state index contributed by atoms with van der Waals surface area (Å²) in [7, 11) is 0. The molecule has 4 aromatic rings. The largest absolute Gasteiger partial charge is 0.147 e. The van der Waals surface area contributed by atoms with Gasteiger partial charge >= 0.3 is 296 Å². The van der Waals surface area contributed by atoms with Crippen molar-refractivity contribution in [3.05, 3.63) is 158 Å². The van der Waals surface area contributed by atoms with Gasteiger partial charge in [0.1, 0.15) is 0 Å². The van der Waals surface area contributed by atoms with Crippen LogP contribution in [-0.2, 0) is 36.5 Å². The van der Waals surface area contributed by atoms with Gasteiger partial charge in [-0.1, -0.05) is 0 Å². The SMILES string of the molecule is CC1=CC(C)[C]([Zr](=[CH]c2ccc(Cl)cc2)(=[CH]c2ccc(Cl)cc2)[C]2=Cc3cc4c(cc3C2(C)C)Cc2cc3c(cc2-4)C=CC3(C)C)=C1.Cl.Cl. The van der Waals surface area contributed by atoms with Crippen LogP contribution in [0.1, 0.15) is 86.1 Å². The number of hydrogen-bond donors (Lipinski definition) is 0. The first kappa shape index (κ1) is 36.4. The van der Waals surface area contributed by atoms with E-state index in [1.165, 1.54) is 61.2 Å². The maximum Gasteiger partial charge on any atom is -0.147 e. The van der Waals surface area contributed by atoms with Crippen LogP contribution in [-0.4, -0.2) is 7.42 Å². The Morgan fingerprint density at radius 3 is 1.78 bits per heavy atom. The number of benzene rings is 4. The van der Waals surface area contributed by atoms with Gasteiger partial charge in [0.25, 0.3) is 0 Å². The second-order valence-corrected chi connectivity index (χ2v) is 24.5. The molecule has 4 aliphatic carbocycles. The Morgan fingerprint density at radius 2 is 1.24 bits per heavy atom. The van der Waals surface area contributed by atoms with E-state index in [1.54, 1.807) is 6.56 Å². The van der Waals surface area contributed by atoms with Crippen molar-refractivity contribution in [2.24, 2.45) is 5.92 Å². The third-order valence-corrected chi connectivity index (χ3v) is 23.4. The number of fused-ring (bicyclic) bond motifs is 5. The molecule has 0 radical (unpaired) electrons. The van der Waals surface area contributed by atoms with Crippen molar-refractivity contribution in [2.45, 2.75) is 58.8 Å². The van der Waals surface area contributed by atoms with E-state index in [2.05, 4.69) is 128 Å². The Morgan fingerprint density at radius 1 is 0.714 bits per heavy atom. The smallest absolute Gasteiger partial charge is 0.147 e. The first-order valence-electron chi connectivity index (χ1n) is 16.7. The van der Waals surface area contributed by atoms with E-state index < -0.39 is 19.3 Å². The summed E-state index contributed by atoms with van der Waals surface area (Å²) in [5, 5.41) is 1.53. The van der Waals surface area contributed by atoms with Crippen molar-refractivity contribution in [2.75, 3.05) is 0 Å². The summed E-state index contributed by atoms with van der Waals surface area (Å²) >= 11 is 9.01. The van der Waals surface area contributed by atoms with Crippen LogP contribution in [0.3, 0.4) is 0 Å². The van der Waals surface area contributed by atoms with Gasteiger partial charge in [-0.25, -0.2) is 0 Å². The Bertz CT molecular complexity index is 2210. The maximum absolute atomic E-state index is 6.41. The van der Waals surface area contributed by atoms with Gasteiger partial charge in [0.15, 0.2) is 0 Å². The molecule has 8 rings (SSSR count). The van der Waals surface area contributed by atoms with Gasteiger partial charge in [0.05, 0.1) is 0 Å². The second-order valence-electron chi connectivity index (χ2n) is 15.2. The molecule has 4 aromatic carbocycles. The van der Waals surface area contributed by atoms with E-state index in [0.717, 1.165) is 16.5 Å². The zero-order chi connectivity index (χ0) is 32.9. The molecular formula is C44H42Cl4Zr. The van der Waals surface area contributed by atoms with Crippen LogP contribution in [0.4, 0.5) is 0 Å². The average Bonchev–Trinajstić information content (AvgIpc) is 3.73. The van der Waals surface area contributed by atoms with E-state index in [0.29, 0.717) is 5.92 Å². The summed E-state index contributed by atoms with van der Waals surface area (Å²) in [5.74, 6) is 0.370. The normalized spacial score (nSPS) is 18.3. The third-order valence-electron chi connectivity index (χ3n) is 11.1. The van der Waals surface area contributed by atoms with Crippen LogP contribution in [0.5, 0.6) is 0 Å². The van der Waals surface area contributed by atoms with Crippen molar-refractivity contribution in [1.82, 2.24) is 0 Å². The van der Waals surface area contributed by atoms with Gasteiger partial charge in [0.2, 0.25) is 0 Å². The molecule has 49 heavy (non-hydrogen) atoms. The van der Waals surface area contributed by atoms with Gasteiger partial charge in [0, 0.05) is 0 Å². The van der Waals surface area contributed by atoms with Gasteiger partial charge < -0.3 is 0 Å².